The van der Waals surface area contributed by atoms with Crippen LogP contribution in [0, 0.1) is 5.92 Å². The molecule has 3 rings (SSSR count). The number of hydrogen-bond acceptors (Lipinski definition) is 5. The summed E-state index contributed by atoms with van der Waals surface area (Å²) >= 11 is 1.52. The first kappa shape index (κ1) is 19.3. The number of thiophene rings is 1. The highest BCUT2D eigenvalue weighted by atomic mass is 32.2. The van der Waals surface area contributed by atoms with Gasteiger partial charge in [0.15, 0.2) is 0 Å². The zero-order valence-corrected chi connectivity index (χ0v) is 16.6. The molecule has 142 valence electrons. The van der Waals surface area contributed by atoms with Gasteiger partial charge in [0.05, 0.1) is 12.8 Å². The fraction of sp³-hybridized carbons (Fsp3) is 0.500. The molecule has 1 saturated heterocycles. The largest absolute Gasteiger partial charge is 0.383 e. The molecule has 0 radical (unpaired) electrons. The quantitative estimate of drug-likeness (QED) is 0.808. The molecule has 1 fully saturated rings. The van der Waals surface area contributed by atoms with Crippen molar-refractivity contribution < 1.29 is 18.3 Å². The maximum atomic E-state index is 12.4. The van der Waals surface area contributed by atoms with Crippen molar-refractivity contribution in [2.45, 2.75) is 25.4 Å². The van der Waals surface area contributed by atoms with Gasteiger partial charge in [-0.3, -0.25) is 4.79 Å². The number of fused-ring (bicyclic) bond motifs is 1. The average molecular weight is 397 g/mol. The average Bonchev–Trinajstić information content (AvgIpc) is 3.04. The van der Waals surface area contributed by atoms with E-state index in [9.17, 15) is 18.3 Å². The van der Waals surface area contributed by atoms with Crippen LogP contribution in [0.15, 0.2) is 30.3 Å². The third-order valence-electron chi connectivity index (χ3n) is 4.86. The zero-order valence-electron chi connectivity index (χ0n) is 14.9. The number of carbonyl (C=O) groups excluding carboxylic acids is 1. The minimum Gasteiger partial charge on any atom is -0.383 e. The van der Waals surface area contributed by atoms with Gasteiger partial charge < -0.3 is 10.4 Å². The summed E-state index contributed by atoms with van der Waals surface area (Å²) in [6, 6.07) is 9.88. The summed E-state index contributed by atoms with van der Waals surface area (Å²) < 4.78 is 25.6. The zero-order chi connectivity index (χ0) is 18.9. The predicted octanol–water partition coefficient (Wildman–Crippen LogP) is 1.90. The predicted molar refractivity (Wildman–Crippen MR) is 104 cm³/mol. The molecule has 2 N–H and O–H groups in total. The highest BCUT2D eigenvalue weighted by molar-refractivity contribution is 7.88. The number of rotatable bonds is 5. The van der Waals surface area contributed by atoms with Crippen molar-refractivity contribution in [1.29, 1.82) is 0 Å². The van der Waals surface area contributed by atoms with Crippen LogP contribution in [0.5, 0.6) is 0 Å². The molecule has 1 aliphatic heterocycles. The van der Waals surface area contributed by atoms with Crippen LogP contribution in [0.4, 0.5) is 0 Å². The van der Waals surface area contributed by atoms with Crippen LogP contribution in [0.25, 0.3) is 10.1 Å². The van der Waals surface area contributed by atoms with Gasteiger partial charge in [-0.2, -0.15) is 0 Å². The van der Waals surface area contributed by atoms with Gasteiger partial charge in [-0.1, -0.05) is 18.2 Å². The third-order valence-corrected chi connectivity index (χ3v) is 7.53. The van der Waals surface area contributed by atoms with E-state index in [1.807, 2.05) is 30.3 Å². The Kier molecular flexibility index (Phi) is 5.39. The summed E-state index contributed by atoms with van der Waals surface area (Å²) in [4.78, 5) is 13.2. The van der Waals surface area contributed by atoms with E-state index in [1.54, 1.807) is 6.92 Å². The molecule has 2 heterocycles. The highest BCUT2D eigenvalue weighted by Crippen LogP contribution is 2.33. The molecule has 1 aromatic heterocycles. The van der Waals surface area contributed by atoms with E-state index >= 15 is 0 Å². The van der Waals surface area contributed by atoms with Crippen molar-refractivity contribution in [1.82, 2.24) is 9.62 Å². The molecule has 1 amide bonds. The lowest BCUT2D eigenvalue weighted by Crippen LogP contribution is -2.45. The number of aliphatic hydroxyl groups is 1. The topological polar surface area (TPSA) is 86.7 Å². The van der Waals surface area contributed by atoms with Crippen LogP contribution in [-0.4, -0.2) is 49.6 Å². The number of hydrogen-bond donors (Lipinski definition) is 2. The lowest BCUT2D eigenvalue weighted by Gasteiger charge is -2.30. The van der Waals surface area contributed by atoms with Gasteiger partial charge in [0.25, 0.3) is 0 Å². The van der Waals surface area contributed by atoms with Gasteiger partial charge in [0, 0.05) is 28.6 Å². The Balaban J connectivity index is 1.58. The van der Waals surface area contributed by atoms with Crippen molar-refractivity contribution in [3.05, 3.63) is 35.2 Å². The van der Waals surface area contributed by atoms with E-state index in [0.717, 1.165) is 15.0 Å². The molecule has 6 nitrogen and oxygen atoms in total. The van der Waals surface area contributed by atoms with Crippen molar-refractivity contribution >= 4 is 37.4 Å². The monoisotopic (exact) mass is 396 g/mol. The number of nitrogens with one attached hydrogen (secondary N) is 1. The summed E-state index contributed by atoms with van der Waals surface area (Å²) in [5.74, 6) is -0.342. The first-order valence-corrected chi connectivity index (χ1v) is 11.3. The summed E-state index contributed by atoms with van der Waals surface area (Å²) in [5, 5.41) is 14.7. The van der Waals surface area contributed by atoms with Gasteiger partial charge in [0.2, 0.25) is 15.9 Å². The Morgan fingerprint density at radius 1 is 1.35 bits per heavy atom. The van der Waals surface area contributed by atoms with E-state index in [-0.39, 0.29) is 18.4 Å². The summed E-state index contributed by atoms with van der Waals surface area (Å²) in [7, 11) is -3.20. The van der Waals surface area contributed by atoms with Crippen molar-refractivity contribution in [3.63, 3.8) is 0 Å². The fourth-order valence-corrected chi connectivity index (χ4v) is 5.17. The van der Waals surface area contributed by atoms with Crippen LogP contribution in [0.1, 0.15) is 24.6 Å². The second-order valence-corrected chi connectivity index (χ2v) is 10.1. The first-order valence-electron chi connectivity index (χ1n) is 8.61. The molecule has 1 atom stereocenters. The SMILES string of the molecule is CC(O)(CNC(=O)C1CCN(S(C)(=O)=O)CC1)c1cc2ccccc2s1. The number of amides is 1. The van der Waals surface area contributed by atoms with Crippen molar-refractivity contribution in [2.75, 3.05) is 25.9 Å². The summed E-state index contributed by atoms with van der Waals surface area (Å²) in [6.45, 7) is 2.56. The highest BCUT2D eigenvalue weighted by Gasteiger charge is 2.31. The Morgan fingerprint density at radius 3 is 2.62 bits per heavy atom. The molecule has 0 aliphatic carbocycles. The van der Waals surface area contributed by atoms with E-state index in [1.165, 1.54) is 21.9 Å². The number of nitrogens with zero attached hydrogens (tertiary/aromatic N) is 1. The van der Waals surface area contributed by atoms with E-state index in [4.69, 9.17) is 0 Å². The molecule has 1 aliphatic rings. The fourth-order valence-electron chi connectivity index (χ4n) is 3.19. The molecule has 0 bridgehead atoms. The lowest BCUT2D eigenvalue weighted by atomic mass is 9.96. The molecule has 26 heavy (non-hydrogen) atoms. The summed E-state index contributed by atoms with van der Waals surface area (Å²) in [5.41, 5.74) is -1.15. The maximum Gasteiger partial charge on any atom is 0.223 e. The Bertz CT molecular complexity index is 864. The van der Waals surface area contributed by atoms with Gasteiger partial charge >= 0.3 is 0 Å². The lowest BCUT2D eigenvalue weighted by molar-refractivity contribution is -0.127. The molecule has 1 unspecified atom stereocenters. The first-order chi connectivity index (χ1) is 12.2. The Morgan fingerprint density at radius 2 is 2.00 bits per heavy atom. The van der Waals surface area contributed by atoms with E-state index in [0.29, 0.717) is 25.9 Å². The second-order valence-electron chi connectivity index (χ2n) is 7.08. The molecule has 8 heteroatoms. The van der Waals surface area contributed by atoms with Crippen LogP contribution in [0.2, 0.25) is 0 Å². The standard InChI is InChI=1S/C18H24N2O4S2/c1-18(22,16-11-14-5-3-4-6-15(14)25-16)12-19-17(21)13-7-9-20(10-8-13)26(2,23)24/h3-6,11,13,22H,7-10,12H2,1-2H3,(H,19,21). The van der Waals surface area contributed by atoms with Crippen LogP contribution < -0.4 is 5.32 Å². The van der Waals surface area contributed by atoms with Crippen LogP contribution in [-0.2, 0) is 20.4 Å². The van der Waals surface area contributed by atoms with E-state index in [2.05, 4.69) is 5.32 Å². The minimum absolute atomic E-state index is 0.125. The number of piperidine rings is 1. The maximum absolute atomic E-state index is 12.4. The van der Waals surface area contributed by atoms with Crippen LogP contribution in [0.3, 0.4) is 0 Å². The molecule has 1 aromatic carbocycles. The number of sulfonamides is 1. The Labute approximate surface area is 157 Å². The van der Waals surface area contributed by atoms with Gasteiger partial charge in [0.1, 0.15) is 5.60 Å². The van der Waals surface area contributed by atoms with Crippen molar-refractivity contribution in [2.24, 2.45) is 5.92 Å². The summed E-state index contributed by atoms with van der Waals surface area (Å²) in [6.07, 6.45) is 2.20. The molecule has 0 saturated carbocycles. The Hall–Kier alpha value is -1.48. The third kappa shape index (κ3) is 4.25. The second kappa shape index (κ2) is 7.26. The van der Waals surface area contributed by atoms with Gasteiger partial charge in [-0.15, -0.1) is 11.3 Å². The van der Waals surface area contributed by atoms with Gasteiger partial charge in [-0.05, 0) is 37.3 Å². The number of carbonyl (C=O) groups is 1. The smallest absolute Gasteiger partial charge is 0.223 e. The van der Waals surface area contributed by atoms with Gasteiger partial charge in [-0.25, -0.2) is 12.7 Å². The number of benzene rings is 1. The molecule has 0 spiro atoms. The van der Waals surface area contributed by atoms with Crippen molar-refractivity contribution in [3.8, 4) is 0 Å². The molecule has 2 aromatic rings. The molecular formula is C18H24N2O4S2. The van der Waals surface area contributed by atoms with Crippen LogP contribution >= 0.6 is 11.3 Å². The minimum atomic E-state index is -3.20. The normalized spacial score (nSPS) is 19.3. The van der Waals surface area contributed by atoms with E-state index < -0.39 is 15.6 Å². The molecular weight excluding hydrogens is 372 g/mol.